The van der Waals surface area contributed by atoms with Crippen molar-refractivity contribution in [2.45, 2.75) is 116 Å². The number of benzene rings is 6. The molecule has 95 heavy (non-hydrogen) atoms. The van der Waals surface area contributed by atoms with Crippen LogP contribution in [-0.4, -0.2) is 109 Å². The van der Waals surface area contributed by atoms with Gasteiger partial charge in [0, 0.05) is 24.3 Å². The Morgan fingerprint density at radius 3 is 0.989 bits per heavy atom. The summed E-state index contributed by atoms with van der Waals surface area (Å²) in [4.78, 5) is -2.22. The summed E-state index contributed by atoms with van der Waals surface area (Å²) < 4.78 is 183. The average Bonchev–Trinajstić information content (AvgIpc) is 1.06. The van der Waals surface area contributed by atoms with E-state index in [0.29, 0.717) is 28.6 Å². The smallest absolute Gasteiger partial charge is 0.744 e. The first kappa shape index (κ1) is 76.9. The van der Waals surface area contributed by atoms with E-state index in [9.17, 15) is 64.9 Å². The molecule has 0 spiro atoms. The second-order valence-electron chi connectivity index (χ2n) is 25.1. The Bertz CT molecular complexity index is 4200. The summed E-state index contributed by atoms with van der Waals surface area (Å²) in [5, 5.41) is 3.90. The number of aryl methyl sites for hydroxylation is 3. The predicted molar refractivity (Wildman–Crippen MR) is 364 cm³/mol. The van der Waals surface area contributed by atoms with E-state index in [0.717, 1.165) is 79.4 Å². The van der Waals surface area contributed by atoms with Crippen molar-refractivity contribution in [1.29, 1.82) is 0 Å². The molecule has 0 bridgehead atoms. The normalized spacial score (nSPS) is 15.8. The number of pyridine rings is 2. The van der Waals surface area contributed by atoms with Crippen LogP contribution < -0.4 is 41.0 Å². The molecule has 0 radical (unpaired) electrons. The molecule has 2 saturated carbocycles. The van der Waals surface area contributed by atoms with Crippen molar-refractivity contribution < 1.29 is 95.5 Å². The van der Waals surface area contributed by atoms with Gasteiger partial charge in [-0.15, -0.1) is 0 Å². The summed E-state index contributed by atoms with van der Waals surface area (Å²) in [6.07, 6.45) is 21.0. The monoisotopic (exact) mass is 1470 g/mol. The number of hydrogen-bond acceptors (Lipinski definition) is 14. The minimum Gasteiger partial charge on any atom is -0.744 e. The van der Waals surface area contributed by atoms with Crippen LogP contribution in [0.25, 0.3) is 11.1 Å². The van der Waals surface area contributed by atoms with Gasteiger partial charge in [-0.3, -0.25) is 4.55 Å². The molecule has 18 nitrogen and oxygen atoms in total. The van der Waals surface area contributed by atoms with Crippen molar-refractivity contribution in [3.05, 3.63) is 212 Å². The quantitative estimate of drug-likeness (QED) is 0.0167. The van der Waals surface area contributed by atoms with E-state index in [1.807, 2.05) is 89.4 Å². The molecule has 26 heteroatoms. The third-order valence-electron chi connectivity index (χ3n) is 17.5. The predicted octanol–water partition coefficient (Wildman–Crippen LogP) is 8.11. The Labute approximate surface area is 573 Å². The number of quaternary nitrogens is 1. The van der Waals surface area contributed by atoms with Gasteiger partial charge in [0.15, 0.2) is 37.9 Å². The third-order valence-corrected chi connectivity index (χ3v) is 30.6. The SMILES string of the molecule is C[C-]1CCCC1.C[C-]1CCCC1CCC[N+](C)(C)C.Cc1ccc([P+](CC[n+]2ccc(-c3cc[n+](CC[P+](c4ccc(S(=O)(=O)[O-])cc4)(c4ccc(S(=O)(=O)[O-])cc4)c4ccc(S(=O)(=O)[O-])cc4)cc3)cc2)(c2ccc(S(=O)(=O)[O-])cc2)c2ccc(S(=O)(=O)O)cc2)cc1.[Fe+2]. The van der Waals surface area contributed by atoms with Gasteiger partial charge < -0.3 is 34.5 Å². The molecular weight excluding hydrogens is 1390 g/mol. The molecular formula is C69H80FeN3O15P2S5+. The fraction of sp³-hybridized carbons (Fsp3) is 0.304. The van der Waals surface area contributed by atoms with E-state index < -0.39 is 84.7 Å². The van der Waals surface area contributed by atoms with E-state index >= 15 is 0 Å². The van der Waals surface area contributed by atoms with E-state index in [4.69, 9.17) is 0 Å². The van der Waals surface area contributed by atoms with Crippen LogP contribution >= 0.6 is 14.5 Å². The van der Waals surface area contributed by atoms with Crippen molar-refractivity contribution in [3.8, 4) is 11.1 Å². The minimum atomic E-state index is -4.87. The van der Waals surface area contributed by atoms with Gasteiger partial charge in [-0.1, -0.05) is 49.8 Å². The zero-order valence-corrected chi connectivity index (χ0v) is 60.7. The van der Waals surface area contributed by atoms with Crippen LogP contribution in [0.4, 0.5) is 0 Å². The van der Waals surface area contributed by atoms with Gasteiger partial charge in [0.25, 0.3) is 10.1 Å². The van der Waals surface area contributed by atoms with Crippen LogP contribution in [0.1, 0.15) is 77.2 Å². The van der Waals surface area contributed by atoms with Crippen LogP contribution in [0.2, 0.25) is 0 Å². The van der Waals surface area contributed by atoms with Gasteiger partial charge in [-0.25, -0.2) is 42.8 Å². The Morgan fingerprint density at radius 1 is 0.453 bits per heavy atom. The Hall–Kier alpha value is -5.49. The molecule has 0 aliphatic heterocycles. The molecule has 8 aromatic rings. The molecule has 2 aliphatic rings. The first-order valence-electron chi connectivity index (χ1n) is 30.7. The molecule has 508 valence electrons. The molecule has 2 heterocycles. The summed E-state index contributed by atoms with van der Waals surface area (Å²) in [7, 11) is -22.9. The molecule has 2 unspecified atom stereocenters. The van der Waals surface area contributed by atoms with Gasteiger partial charge in [0.05, 0.1) is 52.2 Å². The second-order valence-corrected chi connectivity index (χ2v) is 39.2. The molecule has 0 amide bonds. The Morgan fingerprint density at radius 2 is 0.747 bits per heavy atom. The zero-order chi connectivity index (χ0) is 68.5. The maximum atomic E-state index is 12.1. The standard InChI is InChI=1S/C51H44N2O15P2S5.C12H25N.C6H11.Fe/c1-38-2-4-41(5-3-38)69(42-6-16-47(17-7-42)71(54,55)56,43-8-18-48(19-9-43)72(57,58)59)36-34-52-30-26-39(27-31-52)40-28-32-53(33-29-40)35-37-70(44-10-20-49(21-11-44)73(60,61)62,45-12-22-50(23-13-45)74(63,64)65)46-14-24-51(25-15-46)75(66,67)68;1-11-7-5-8-12(11)9-6-10-13(2,3)4;1-6-4-2-3-5-6;/h2-33H,34-37H2,1H3,(H-4,54,55,56,57,58,59,60,61,62,63,64,65,66,67,68);12H,5-10H2,1-4H3;2-5H2,1H3;/q;;-1;+2. The Kier molecular flexibility index (Phi) is 25.9. The maximum Gasteiger partial charge on any atom is 2.00 e. The van der Waals surface area contributed by atoms with E-state index in [-0.39, 0.29) is 34.7 Å². The van der Waals surface area contributed by atoms with Crippen molar-refractivity contribution in [1.82, 2.24) is 0 Å². The van der Waals surface area contributed by atoms with Gasteiger partial charge in [-0.2, -0.15) is 47.4 Å². The summed E-state index contributed by atoms with van der Waals surface area (Å²) in [6, 6.07) is 42.7. The van der Waals surface area contributed by atoms with Crippen LogP contribution in [0.3, 0.4) is 0 Å². The molecule has 6 aromatic carbocycles. The average molecular weight is 1470 g/mol. The summed E-state index contributed by atoms with van der Waals surface area (Å²) >= 11 is 0. The van der Waals surface area contributed by atoms with Crippen LogP contribution in [0, 0.1) is 24.7 Å². The summed E-state index contributed by atoms with van der Waals surface area (Å²) in [6.45, 7) is 8.56. The first-order chi connectivity index (χ1) is 44.1. The minimum absolute atomic E-state index is 0. The van der Waals surface area contributed by atoms with Crippen LogP contribution in [0.5, 0.6) is 0 Å². The van der Waals surface area contributed by atoms with E-state index in [1.54, 1.807) is 36.1 Å². The number of rotatable bonds is 22. The van der Waals surface area contributed by atoms with Crippen LogP contribution in [-0.2, 0) is 80.7 Å². The topological polar surface area (TPSA) is 291 Å². The zero-order valence-electron chi connectivity index (χ0n) is 53.7. The number of aromatic nitrogens is 2. The number of nitrogens with zero attached hydrogens (tertiary/aromatic N) is 3. The first-order valence-corrected chi connectivity index (χ1v) is 41.7. The maximum absolute atomic E-state index is 12.1. The fourth-order valence-electron chi connectivity index (χ4n) is 12.2. The van der Waals surface area contributed by atoms with Crippen molar-refractivity contribution >= 4 is 96.9 Å². The molecule has 2 atom stereocenters. The number of hydrogen-bond donors (Lipinski definition) is 1. The van der Waals surface area contributed by atoms with E-state index in [2.05, 4.69) is 35.0 Å². The molecule has 10 rings (SSSR count). The van der Waals surface area contributed by atoms with Gasteiger partial charge in [0.2, 0.25) is 0 Å². The summed E-state index contributed by atoms with van der Waals surface area (Å²) in [5.74, 6) is 4.43. The largest absolute Gasteiger partial charge is 2.00 e. The van der Waals surface area contributed by atoms with Gasteiger partial charge >= 0.3 is 17.1 Å². The van der Waals surface area contributed by atoms with Gasteiger partial charge in [-0.05, 0) is 158 Å². The van der Waals surface area contributed by atoms with E-state index in [1.165, 1.54) is 125 Å². The molecule has 2 aromatic heterocycles. The Balaban J connectivity index is 0.000000546. The molecule has 0 saturated heterocycles. The molecule has 1 N–H and O–H groups in total. The van der Waals surface area contributed by atoms with Gasteiger partial charge in [0.1, 0.15) is 99.1 Å². The molecule has 2 aliphatic carbocycles. The molecule has 2 fully saturated rings. The van der Waals surface area contributed by atoms with Crippen molar-refractivity contribution in [2.24, 2.45) is 5.92 Å². The second kappa shape index (κ2) is 32.0. The summed E-state index contributed by atoms with van der Waals surface area (Å²) in [5.41, 5.74) is 2.65. The van der Waals surface area contributed by atoms with Crippen LogP contribution in [0.15, 0.2) is 219 Å². The third kappa shape index (κ3) is 20.3. The van der Waals surface area contributed by atoms with Crippen molar-refractivity contribution in [3.63, 3.8) is 0 Å². The fourth-order valence-corrected chi connectivity index (χ4v) is 22.9. The van der Waals surface area contributed by atoms with Crippen molar-refractivity contribution in [2.75, 3.05) is 40.0 Å².